The van der Waals surface area contributed by atoms with Crippen molar-refractivity contribution >= 4 is 12.2 Å². The van der Waals surface area contributed by atoms with Crippen LogP contribution in [-0.4, -0.2) is 6.61 Å². The largest absolute Gasteiger partial charge is 0.493 e. The first-order valence-corrected chi connectivity index (χ1v) is 9.48. The first kappa shape index (κ1) is 15.5. The van der Waals surface area contributed by atoms with E-state index in [0.29, 0.717) is 5.92 Å². The zero-order chi connectivity index (χ0) is 17.3. The third-order valence-electron chi connectivity index (χ3n) is 5.59. The molecule has 0 amide bonds. The fraction of sp³-hybridized carbons (Fsp3) is 0.200. The number of hydrogen-bond acceptors (Lipinski definition) is 1. The van der Waals surface area contributed by atoms with Crippen LogP contribution in [0.15, 0.2) is 66.7 Å². The maximum atomic E-state index is 5.97. The fourth-order valence-corrected chi connectivity index (χ4v) is 4.28. The first-order valence-electron chi connectivity index (χ1n) is 9.48. The minimum Gasteiger partial charge on any atom is -0.493 e. The zero-order valence-electron chi connectivity index (χ0n) is 14.8. The standard InChI is InChI=1S/C25H22O/c1-2-7-21(8-3-1)26-17-18-10-13-23-20(16-18)12-15-24-22-9-5-4-6-19(22)11-14-25(23)24/h1-9,12-13,15-16,18H,10-11,14,17H2. The topological polar surface area (TPSA) is 9.23 Å². The molecule has 2 aliphatic carbocycles. The fourth-order valence-electron chi connectivity index (χ4n) is 4.28. The summed E-state index contributed by atoms with van der Waals surface area (Å²) in [5.41, 5.74) is 5.85. The predicted octanol–water partition coefficient (Wildman–Crippen LogP) is 4.11. The SMILES string of the molecule is C1=c2ccc3c(c2=CCC1COc1ccccc1)CCc1ccccc1-3. The molecule has 26 heavy (non-hydrogen) atoms. The summed E-state index contributed by atoms with van der Waals surface area (Å²) in [6.07, 6.45) is 8.18. The molecule has 3 aromatic carbocycles. The molecular formula is C25H22O. The van der Waals surface area contributed by atoms with Crippen molar-refractivity contribution in [3.05, 3.63) is 88.3 Å². The monoisotopic (exact) mass is 338 g/mol. The highest BCUT2D eigenvalue weighted by Crippen LogP contribution is 2.31. The lowest BCUT2D eigenvalue weighted by atomic mass is 9.82. The Morgan fingerprint density at radius 2 is 1.65 bits per heavy atom. The van der Waals surface area contributed by atoms with Crippen LogP contribution in [0.5, 0.6) is 5.75 Å². The molecule has 1 unspecified atom stereocenters. The average molecular weight is 338 g/mol. The van der Waals surface area contributed by atoms with Gasteiger partial charge < -0.3 is 4.74 Å². The smallest absolute Gasteiger partial charge is 0.119 e. The minimum absolute atomic E-state index is 0.441. The Labute approximate surface area is 154 Å². The van der Waals surface area contributed by atoms with E-state index >= 15 is 0 Å². The lowest BCUT2D eigenvalue weighted by Gasteiger charge is -2.22. The van der Waals surface area contributed by atoms with Gasteiger partial charge in [-0.2, -0.15) is 0 Å². The number of fused-ring (bicyclic) bond motifs is 5. The molecule has 1 atom stereocenters. The highest BCUT2D eigenvalue weighted by atomic mass is 16.5. The molecular weight excluding hydrogens is 316 g/mol. The zero-order valence-corrected chi connectivity index (χ0v) is 14.8. The highest BCUT2D eigenvalue weighted by Gasteiger charge is 2.18. The molecule has 2 aliphatic rings. The van der Waals surface area contributed by atoms with Crippen LogP contribution in [0.3, 0.4) is 0 Å². The van der Waals surface area contributed by atoms with Crippen molar-refractivity contribution in [1.29, 1.82) is 0 Å². The van der Waals surface area contributed by atoms with Gasteiger partial charge in [-0.3, -0.25) is 0 Å². The van der Waals surface area contributed by atoms with Gasteiger partial charge in [-0.1, -0.05) is 66.7 Å². The van der Waals surface area contributed by atoms with Crippen LogP contribution in [0, 0.1) is 5.92 Å². The molecule has 0 spiro atoms. The third kappa shape index (κ3) is 2.74. The van der Waals surface area contributed by atoms with Crippen LogP contribution in [-0.2, 0) is 12.8 Å². The number of hydrogen-bond donors (Lipinski definition) is 0. The molecule has 0 radical (unpaired) electrons. The van der Waals surface area contributed by atoms with Crippen LogP contribution in [0.4, 0.5) is 0 Å². The molecule has 1 nitrogen and oxygen atoms in total. The third-order valence-corrected chi connectivity index (χ3v) is 5.59. The minimum atomic E-state index is 0.441. The molecule has 3 aromatic rings. The van der Waals surface area contributed by atoms with E-state index in [1.54, 1.807) is 0 Å². The van der Waals surface area contributed by atoms with Crippen molar-refractivity contribution in [2.75, 3.05) is 6.61 Å². The maximum Gasteiger partial charge on any atom is 0.119 e. The van der Waals surface area contributed by atoms with Gasteiger partial charge in [0.2, 0.25) is 0 Å². The summed E-state index contributed by atoms with van der Waals surface area (Å²) in [4.78, 5) is 0. The van der Waals surface area contributed by atoms with Gasteiger partial charge in [0.25, 0.3) is 0 Å². The second kappa shape index (κ2) is 6.49. The first-order chi connectivity index (χ1) is 12.9. The average Bonchev–Trinajstić information content (AvgIpc) is 2.72. The van der Waals surface area contributed by atoms with Gasteiger partial charge in [0.15, 0.2) is 0 Å². The Hall–Kier alpha value is -2.80. The number of rotatable bonds is 3. The van der Waals surface area contributed by atoms with Gasteiger partial charge in [-0.15, -0.1) is 0 Å². The second-order valence-corrected chi connectivity index (χ2v) is 7.24. The lowest BCUT2D eigenvalue weighted by molar-refractivity contribution is 0.285. The Bertz CT molecular complexity index is 1060. The van der Waals surface area contributed by atoms with Gasteiger partial charge in [-0.25, -0.2) is 0 Å². The van der Waals surface area contributed by atoms with E-state index in [9.17, 15) is 0 Å². The van der Waals surface area contributed by atoms with E-state index < -0.39 is 0 Å². The molecule has 0 bridgehead atoms. The van der Waals surface area contributed by atoms with Crippen LogP contribution in [0.25, 0.3) is 23.3 Å². The van der Waals surface area contributed by atoms with E-state index in [2.05, 4.69) is 48.6 Å². The molecule has 1 heteroatoms. The van der Waals surface area contributed by atoms with Gasteiger partial charge in [0.1, 0.15) is 5.75 Å². The molecule has 0 saturated carbocycles. The summed E-state index contributed by atoms with van der Waals surface area (Å²) < 4.78 is 5.97. The Morgan fingerprint density at radius 3 is 2.58 bits per heavy atom. The van der Waals surface area contributed by atoms with Crippen molar-refractivity contribution in [1.82, 2.24) is 0 Å². The molecule has 128 valence electrons. The normalized spacial score (nSPS) is 17.2. The maximum absolute atomic E-state index is 5.97. The molecule has 0 N–H and O–H groups in total. The van der Waals surface area contributed by atoms with Crippen molar-refractivity contribution in [3.8, 4) is 16.9 Å². The van der Waals surface area contributed by atoms with Crippen molar-refractivity contribution in [2.24, 2.45) is 5.92 Å². The summed E-state index contributed by atoms with van der Waals surface area (Å²) in [5, 5.41) is 2.82. The molecule has 0 fully saturated rings. The number of aryl methyl sites for hydroxylation is 1. The van der Waals surface area contributed by atoms with E-state index in [-0.39, 0.29) is 0 Å². The van der Waals surface area contributed by atoms with E-state index in [4.69, 9.17) is 4.74 Å². The summed E-state index contributed by atoms with van der Waals surface area (Å²) in [6, 6.07) is 23.6. The molecule has 5 rings (SSSR count). The van der Waals surface area contributed by atoms with Crippen molar-refractivity contribution < 1.29 is 4.74 Å². The van der Waals surface area contributed by atoms with Gasteiger partial charge in [0, 0.05) is 5.92 Å². The predicted molar refractivity (Wildman–Crippen MR) is 108 cm³/mol. The Balaban J connectivity index is 1.46. The number of benzene rings is 3. The van der Waals surface area contributed by atoms with Crippen LogP contribution >= 0.6 is 0 Å². The lowest BCUT2D eigenvalue weighted by Crippen LogP contribution is -2.35. The summed E-state index contributed by atoms with van der Waals surface area (Å²) in [6.45, 7) is 0.736. The highest BCUT2D eigenvalue weighted by molar-refractivity contribution is 5.74. The van der Waals surface area contributed by atoms with E-state index in [1.807, 2.05) is 30.3 Å². The Kier molecular flexibility index (Phi) is 3.86. The van der Waals surface area contributed by atoms with Crippen LogP contribution in [0.1, 0.15) is 17.5 Å². The quantitative estimate of drug-likeness (QED) is 0.698. The van der Waals surface area contributed by atoms with Crippen LogP contribution < -0.4 is 15.2 Å². The Morgan fingerprint density at radius 1 is 0.808 bits per heavy atom. The second-order valence-electron chi connectivity index (χ2n) is 7.24. The molecule has 0 aromatic heterocycles. The van der Waals surface area contributed by atoms with Crippen molar-refractivity contribution in [2.45, 2.75) is 19.3 Å². The number of para-hydroxylation sites is 1. The summed E-state index contributed by atoms with van der Waals surface area (Å²) in [7, 11) is 0. The van der Waals surface area contributed by atoms with Gasteiger partial charge >= 0.3 is 0 Å². The summed E-state index contributed by atoms with van der Waals surface area (Å²) in [5.74, 6) is 1.39. The van der Waals surface area contributed by atoms with Gasteiger partial charge in [-0.05, 0) is 64.1 Å². The molecule has 0 saturated heterocycles. The molecule has 0 heterocycles. The van der Waals surface area contributed by atoms with Crippen LogP contribution in [0.2, 0.25) is 0 Å². The van der Waals surface area contributed by atoms with E-state index in [1.165, 1.54) is 32.7 Å². The molecule has 0 aliphatic heterocycles. The summed E-state index contributed by atoms with van der Waals surface area (Å²) >= 11 is 0. The number of ether oxygens (including phenoxy) is 1. The van der Waals surface area contributed by atoms with Crippen molar-refractivity contribution in [3.63, 3.8) is 0 Å². The van der Waals surface area contributed by atoms with E-state index in [0.717, 1.165) is 31.6 Å². The van der Waals surface area contributed by atoms with Gasteiger partial charge in [0.05, 0.1) is 6.61 Å².